The first-order valence-electron chi connectivity index (χ1n) is 12.7. The summed E-state index contributed by atoms with van der Waals surface area (Å²) in [5, 5.41) is 0. The number of benzene rings is 3. The van der Waals surface area contributed by atoms with Gasteiger partial charge in [-0.1, -0.05) is 39.8 Å². The van der Waals surface area contributed by atoms with Gasteiger partial charge in [-0.05, 0) is 79.8 Å². The Bertz CT molecular complexity index is 1510. The van der Waals surface area contributed by atoms with E-state index in [1.807, 2.05) is 32.9 Å². The zero-order valence-corrected chi connectivity index (χ0v) is 22.4. The van der Waals surface area contributed by atoms with Crippen LogP contribution in [0.5, 0.6) is 11.5 Å². The van der Waals surface area contributed by atoms with Crippen LogP contribution in [0.15, 0.2) is 60.7 Å². The lowest BCUT2D eigenvalue weighted by molar-refractivity contribution is 0.0474. The fourth-order valence-corrected chi connectivity index (χ4v) is 4.76. The number of hydrogen-bond acceptors (Lipinski definition) is 5. The zero-order valence-electron chi connectivity index (χ0n) is 22.4. The summed E-state index contributed by atoms with van der Waals surface area (Å²) >= 11 is 0. The second-order valence-electron chi connectivity index (χ2n) is 11.4. The minimum Gasteiger partial charge on any atom is -0.457 e. The van der Waals surface area contributed by atoms with E-state index in [4.69, 9.17) is 4.74 Å². The van der Waals surface area contributed by atoms with Crippen LogP contribution in [0.1, 0.15) is 95.0 Å². The lowest BCUT2D eigenvalue weighted by Gasteiger charge is -2.32. The molecule has 7 heteroatoms. The molecule has 0 aromatic heterocycles. The normalized spacial score (nSPS) is 15.3. The highest BCUT2D eigenvalue weighted by Gasteiger charge is 2.43. The van der Waals surface area contributed by atoms with Crippen molar-refractivity contribution in [1.29, 1.82) is 0 Å². The molecular formula is C31H30N2O5. The molecule has 2 aliphatic rings. The molecule has 0 radical (unpaired) electrons. The maximum absolute atomic E-state index is 13.2. The largest absolute Gasteiger partial charge is 0.457 e. The number of carbonyl (C=O) groups is 4. The van der Waals surface area contributed by atoms with Crippen LogP contribution in [0.3, 0.4) is 0 Å². The van der Waals surface area contributed by atoms with Gasteiger partial charge in [0.2, 0.25) is 0 Å². The lowest BCUT2D eigenvalue weighted by Crippen LogP contribution is -2.47. The third kappa shape index (κ3) is 3.99. The van der Waals surface area contributed by atoms with E-state index >= 15 is 0 Å². The predicted octanol–water partition coefficient (Wildman–Crippen LogP) is 6.36. The van der Waals surface area contributed by atoms with Crippen molar-refractivity contribution in [2.24, 2.45) is 0 Å². The summed E-state index contributed by atoms with van der Waals surface area (Å²) in [6, 6.07) is 16.9. The van der Waals surface area contributed by atoms with E-state index in [-0.39, 0.29) is 34.3 Å². The topological polar surface area (TPSA) is 84.0 Å². The van der Waals surface area contributed by atoms with Crippen LogP contribution in [0.4, 0.5) is 5.69 Å². The average Bonchev–Trinajstić information content (AvgIpc) is 3.27. The van der Waals surface area contributed by atoms with Gasteiger partial charge < -0.3 is 4.74 Å². The molecule has 2 aliphatic heterocycles. The summed E-state index contributed by atoms with van der Waals surface area (Å²) in [4.78, 5) is 54.7. The quantitative estimate of drug-likeness (QED) is 0.373. The highest BCUT2D eigenvalue weighted by atomic mass is 16.5. The number of anilines is 1. The maximum Gasteiger partial charge on any atom is 0.266 e. The van der Waals surface area contributed by atoms with Crippen molar-refractivity contribution in [3.05, 3.63) is 88.5 Å². The molecule has 2 heterocycles. The monoisotopic (exact) mass is 510 g/mol. The van der Waals surface area contributed by atoms with Gasteiger partial charge in [-0.2, -0.15) is 0 Å². The summed E-state index contributed by atoms with van der Waals surface area (Å²) in [6.45, 7) is 11.9. The summed E-state index contributed by atoms with van der Waals surface area (Å²) in [5.41, 5.74) is 2.12. The number of rotatable bonds is 5. The Balaban J connectivity index is 1.40. The SMILES string of the molecule is CCC(C)(C)N1C(=O)c2ccc(Oc3ccc4c(c3)C(=O)N(c3ccc(C(C)(C)C)cc3)C4=O)cc2C1=O. The molecule has 3 aromatic rings. The summed E-state index contributed by atoms with van der Waals surface area (Å²) in [5.74, 6) is -0.790. The van der Waals surface area contributed by atoms with Gasteiger partial charge in [0.1, 0.15) is 11.5 Å². The first kappa shape index (κ1) is 25.4. The van der Waals surface area contributed by atoms with E-state index in [0.29, 0.717) is 34.7 Å². The van der Waals surface area contributed by atoms with Gasteiger partial charge in [-0.15, -0.1) is 0 Å². The van der Waals surface area contributed by atoms with E-state index in [0.717, 1.165) is 5.56 Å². The van der Waals surface area contributed by atoms with Crippen molar-refractivity contribution in [1.82, 2.24) is 4.90 Å². The summed E-state index contributed by atoms with van der Waals surface area (Å²) < 4.78 is 5.97. The average molecular weight is 511 g/mol. The van der Waals surface area contributed by atoms with Crippen molar-refractivity contribution in [3.8, 4) is 11.5 Å². The minimum atomic E-state index is -0.611. The molecule has 4 amide bonds. The van der Waals surface area contributed by atoms with Crippen LogP contribution >= 0.6 is 0 Å². The van der Waals surface area contributed by atoms with Gasteiger partial charge in [-0.3, -0.25) is 24.1 Å². The Morgan fingerprint density at radius 2 is 1.11 bits per heavy atom. The number of imide groups is 2. The van der Waals surface area contributed by atoms with Crippen molar-refractivity contribution in [3.63, 3.8) is 0 Å². The third-order valence-corrected chi connectivity index (χ3v) is 7.41. The molecule has 0 atom stereocenters. The first-order valence-corrected chi connectivity index (χ1v) is 12.7. The van der Waals surface area contributed by atoms with Gasteiger partial charge in [0, 0.05) is 5.54 Å². The standard InChI is InChI=1S/C31H30N2O5/c1-7-31(5,6)33-28(36)23-15-13-21(17-25(23)29(33)37)38-20-12-14-22-24(16-20)27(35)32(26(22)34)19-10-8-18(9-11-19)30(2,3)4/h8-17H,7H2,1-6H3. The van der Waals surface area contributed by atoms with E-state index in [1.165, 1.54) is 15.9 Å². The Morgan fingerprint density at radius 1 is 0.632 bits per heavy atom. The van der Waals surface area contributed by atoms with Crippen LogP contribution in [-0.4, -0.2) is 34.1 Å². The Morgan fingerprint density at radius 3 is 1.63 bits per heavy atom. The number of carbonyl (C=O) groups excluding carboxylic acids is 4. The first-order chi connectivity index (χ1) is 17.8. The van der Waals surface area contributed by atoms with E-state index in [2.05, 4.69) is 20.8 Å². The smallest absolute Gasteiger partial charge is 0.266 e. The maximum atomic E-state index is 13.2. The van der Waals surface area contributed by atoms with Crippen LogP contribution < -0.4 is 9.64 Å². The molecule has 0 saturated heterocycles. The molecule has 194 valence electrons. The predicted molar refractivity (Wildman–Crippen MR) is 144 cm³/mol. The molecule has 7 nitrogen and oxygen atoms in total. The fourth-order valence-electron chi connectivity index (χ4n) is 4.76. The van der Waals surface area contributed by atoms with Gasteiger partial charge in [0.05, 0.1) is 27.9 Å². The van der Waals surface area contributed by atoms with Crippen molar-refractivity contribution in [2.75, 3.05) is 4.90 Å². The zero-order chi connectivity index (χ0) is 27.6. The molecule has 0 fully saturated rings. The van der Waals surface area contributed by atoms with E-state index in [9.17, 15) is 19.2 Å². The second kappa shape index (κ2) is 8.65. The van der Waals surface area contributed by atoms with E-state index < -0.39 is 11.4 Å². The lowest BCUT2D eigenvalue weighted by atomic mass is 9.87. The molecule has 0 bridgehead atoms. The molecule has 3 aromatic carbocycles. The van der Waals surface area contributed by atoms with Crippen LogP contribution in [0.25, 0.3) is 0 Å². The van der Waals surface area contributed by atoms with Crippen LogP contribution in [0, 0.1) is 0 Å². The highest BCUT2D eigenvalue weighted by Crippen LogP contribution is 2.36. The van der Waals surface area contributed by atoms with Gasteiger partial charge >= 0.3 is 0 Å². The molecule has 0 aliphatic carbocycles. The number of nitrogens with zero attached hydrogens (tertiary/aromatic N) is 2. The molecule has 0 spiro atoms. The minimum absolute atomic E-state index is 0.0489. The highest BCUT2D eigenvalue weighted by molar-refractivity contribution is 6.34. The molecule has 0 N–H and O–H groups in total. The summed E-state index contributed by atoms with van der Waals surface area (Å²) in [7, 11) is 0. The molecule has 0 saturated carbocycles. The Labute approximate surface area is 222 Å². The number of amides is 4. The van der Waals surface area contributed by atoms with Gasteiger partial charge in [0.15, 0.2) is 0 Å². The Kier molecular flexibility index (Phi) is 5.78. The van der Waals surface area contributed by atoms with E-state index in [1.54, 1.807) is 42.5 Å². The Hall–Kier alpha value is -4.26. The van der Waals surface area contributed by atoms with Crippen LogP contribution in [0.2, 0.25) is 0 Å². The number of ether oxygens (including phenoxy) is 1. The number of fused-ring (bicyclic) bond motifs is 2. The molecule has 0 unspecified atom stereocenters. The van der Waals surface area contributed by atoms with Crippen LogP contribution in [-0.2, 0) is 5.41 Å². The third-order valence-electron chi connectivity index (χ3n) is 7.41. The van der Waals surface area contributed by atoms with Crippen molar-refractivity contribution < 1.29 is 23.9 Å². The number of hydrogen-bond donors (Lipinski definition) is 0. The van der Waals surface area contributed by atoms with Crippen molar-refractivity contribution >= 4 is 29.3 Å². The molecule has 38 heavy (non-hydrogen) atoms. The second-order valence-corrected chi connectivity index (χ2v) is 11.4. The summed E-state index contributed by atoms with van der Waals surface area (Å²) in [6.07, 6.45) is 0.626. The van der Waals surface area contributed by atoms with Crippen molar-refractivity contribution in [2.45, 2.75) is 58.9 Å². The fraction of sp³-hybridized carbons (Fsp3) is 0.290. The van der Waals surface area contributed by atoms with Gasteiger partial charge in [-0.25, -0.2) is 4.90 Å². The molecular weight excluding hydrogens is 480 g/mol. The van der Waals surface area contributed by atoms with Gasteiger partial charge in [0.25, 0.3) is 23.6 Å². The molecule has 5 rings (SSSR count).